The topological polar surface area (TPSA) is 29.1 Å². The molecule has 2 nitrogen and oxygen atoms in total. The van der Waals surface area contributed by atoms with Gasteiger partial charge in [0.2, 0.25) is 0 Å². The first-order valence-electron chi connectivity index (χ1n) is 6.19. The van der Waals surface area contributed by atoms with Gasteiger partial charge in [-0.05, 0) is 31.9 Å². The molecule has 0 fully saturated rings. The fourth-order valence-electron chi connectivity index (χ4n) is 1.74. The van der Waals surface area contributed by atoms with E-state index >= 15 is 0 Å². The van der Waals surface area contributed by atoms with Crippen molar-refractivity contribution in [3.05, 3.63) is 35.9 Å². The number of hydrogen-bond donors (Lipinski definition) is 1. The van der Waals surface area contributed by atoms with Crippen LogP contribution in [0.25, 0.3) is 0 Å². The van der Waals surface area contributed by atoms with Crippen LogP contribution in [0.3, 0.4) is 0 Å². The molecule has 0 saturated heterocycles. The third kappa shape index (κ3) is 5.99. The van der Waals surface area contributed by atoms with Gasteiger partial charge in [0, 0.05) is 28.3 Å². The summed E-state index contributed by atoms with van der Waals surface area (Å²) in [7, 11) is -0.703. The van der Waals surface area contributed by atoms with Crippen LogP contribution in [0.1, 0.15) is 25.8 Å². The fourth-order valence-corrected chi connectivity index (χ4v) is 2.19. The monoisotopic (exact) mass is 253 g/mol. The third-order valence-corrected chi connectivity index (χ3v) is 4.36. The van der Waals surface area contributed by atoms with Crippen LogP contribution in [0, 0.1) is 0 Å². The van der Waals surface area contributed by atoms with Crippen molar-refractivity contribution in [2.75, 3.05) is 12.8 Å². The molecule has 0 heterocycles. The van der Waals surface area contributed by atoms with Crippen molar-refractivity contribution >= 4 is 10.8 Å². The molecular formula is C14H23NOS. The molecule has 1 rings (SSSR count). The average molecular weight is 253 g/mol. The summed E-state index contributed by atoms with van der Waals surface area (Å²) >= 11 is 0. The number of rotatable bonds is 7. The first-order chi connectivity index (χ1) is 8.09. The van der Waals surface area contributed by atoms with Crippen molar-refractivity contribution in [3.63, 3.8) is 0 Å². The fraction of sp³-hybridized carbons (Fsp3) is 0.571. The minimum Gasteiger partial charge on any atom is -0.314 e. The lowest BCUT2D eigenvalue weighted by Crippen LogP contribution is -2.31. The Morgan fingerprint density at radius 1 is 1.24 bits per heavy atom. The molecular weight excluding hydrogens is 230 g/mol. The van der Waals surface area contributed by atoms with E-state index in [1.807, 2.05) is 13.0 Å². The van der Waals surface area contributed by atoms with Crippen molar-refractivity contribution in [3.8, 4) is 0 Å². The zero-order valence-corrected chi connectivity index (χ0v) is 11.8. The summed E-state index contributed by atoms with van der Waals surface area (Å²) in [6.45, 7) is 5.18. The Hall–Kier alpha value is -0.670. The second-order valence-electron chi connectivity index (χ2n) is 4.64. The van der Waals surface area contributed by atoms with Crippen LogP contribution in [-0.4, -0.2) is 28.3 Å². The summed E-state index contributed by atoms with van der Waals surface area (Å²) < 4.78 is 11.2. The van der Waals surface area contributed by atoms with E-state index < -0.39 is 10.8 Å². The second kappa shape index (κ2) is 7.62. The van der Waals surface area contributed by atoms with Crippen LogP contribution >= 0.6 is 0 Å². The Balaban J connectivity index is 2.22. The van der Waals surface area contributed by atoms with Crippen molar-refractivity contribution in [1.29, 1.82) is 0 Å². The minimum atomic E-state index is -0.703. The van der Waals surface area contributed by atoms with Gasteiger partial charge in [-0.2, -0.15) is 0 Å². The third-order valence-electron chi connectivity index (χ3n) is 3.00. The highest BCUT2D eigenvalue weighted by atomic mass is 32.2. The molecule has 3 heteroatoms. The molecule has 17 heavy (non-hydrogen) atoms. The summed E-state index contributed by atoms with van der Waals surface area (Å²) in [6.07, 6.45) is 3.80. The molecule has 3 atom stereocenters. The largest absolute Gasteiger partial charge is 0.314 e. The smallest absolute Gasteiger partial charge is 0.0329 e. The van der Waals surface area contributed by atoms with Gasteiger partial charge in [0.1, 0.15) is 0 Å². The predicted molar refractivity (Wildman–Crippen MR) is 75.8 cm³/mol. The molecule has 0 aliphatic heterocycles. The summed E-state index contributed by atoms with van der Waals surface area (Å²) in [6, 6.07) is 11.0. The van der Waals surface area contributed by atoms with Gasteiger partial charge in [0.05, 0.1) is 0 Å². The molecule has 3 unspecified atom stereocenters. The Labute approximate surface area is 107 Å². The van der Waals surface area contributed by atoms with E-state index in [9.17, 15) is 4.21 Å². The maximum Gasteiger partial charge on any atom is 0.0329 e. The molecule has 0 spiro atoms. The van der Waals surface area contributed by atoms with Gasteiger partial charge in [-0.3, -0.25) is 4.21 Å². The number of benzene rings is 1. The average Bonchev–Trinajstić information content (AvgIpc) is 2.30. The van der Waals surface area contributed by atoms with Crippen LogP contribution in [0.15, 0.2) is 30.3 Å². The van der Waals surface area contributed by atoms with E-state index in [0.29, 0.717) is 6.04 Å². The maximum absolute atomic E-state index is 11.2. The van der Waals surface area contributed by atoms with E-state index in [4.69, 9.17) is 0 Å². The molecule has 0 aromatic heterocycles. The Bertz CT molecular complexity index is 339. The first-order valence-corrected chi connectivity index (χ1v) is 7.81. The van der Waals surface area contributed by atoms with Crippen LogP contribution < -0.4 is 5.32 Å². The lowest BCUT2D eigenvalue weighted by atomic mass is 10.1. The van der Waals surface area contributed by atoms with Gasteiger partial charge >= 0.3 is 0 Å². The van der Waals surface area contributed by atoms with Gasteiger partial charge < -0.3 is 5.32 Å². The molecule has 96 valence electrons. The molecule has 0 aliphatic carbocycles. The standard InChI is InChI=1S/C14H23NOS/c1-12(11-14-7-5-4-6-8-14)15-10-9-13(2)17(3)16/h4-8,12-13,15H,9-11H2,1-3H3. The molecule has 1 aromatic carbocycles. The molecule has 0 aliphatic rings. The molecule has 1 N–H and O–H groups in total. The van der Waals surface area contributed by atoms with Crippen LogP contribution in [0.2, 0.25) is 0 Å². The van der Waals surface area contributed by atoms with Crippen molar-refractivity contribution < 1.29 is 4.21 Å². The SMILES string of the molecule is CC(Cc1ccccc1)NCCC(C)S(C)=O. The number of nitrogens with one attached hydrogen (secondary N) is 1. The molecule has 0 radical (unpaired) electrons. The highest BCUT2D eigenvalue weighted by Gasteiger charge is 2.07. The van der Waals surface area contributed by atoms with Crippen molar-refractivity contribution in [2.24, 2.45) is 0 Å². The van der Waals surface area contributed by atoms with E-state index in [2.05, 4.69) is 36.5 Å². The summed E-state index contributed by atoms with van der Waals surface area (Å²) in [4.78, 5) is 0. The highest BCUT2D eigenvalue weighted by molar-refractivity contribution is 7.84. The Morgan fingerprint density at radius 2 is 1.88 bits per heavy atom. The summed E-state index contributed by atoms with van der Waals surface area (Å²) in [5, 5.41) is 3.77. The van der Waals surface area contributed by atoms with E-state index in [1.165, 1.54) is 5.56 Å². The lowest BCUT2D eigenvalue weighted by molar-refractivity contribution is 0.531. The summed E-state index contributed by atoms with van der Waals surface area (Å²) in [5.74, 6) is 0. The molecule has 1 aromatic rings. The zero-order chi connectivity index (χ0) is 12.7. The van der Waals surface area contributed by atoms with Crippen molar-refractivity contribution in [2.45, 2.75) is 38.0 Å². The zero-order valence-electron chi connectivity index (χ0n) is 11.0. The molecule has 0 saturated carbocycles. The van der Waals surface area contributed by atoms with Gasteiger partial charge in [0.25, 0.3) is 0 Å². The molecule has 0 amide bonds. The van der Waals surface area contributed by atoms with Crippen LogP contribution in [0.4, 0.5) is 0 Å². The van der Waals surface area contributed by atoms with E-state index in [-0.39, 0.29) is 5.25 Å². The maximum atomic E-state index is 11.2. The van der Waals surface area contributed by atoms with Crippen molar-refractivity contribution in [1.82, 2.24) is 5.32 Å². The van der Waals surface area contributed by atoms with Gasteiger partial charge in [0.15, 0.2) is 0 Å². The Kier molecular flexibility index (Phi) is 6.45. The van der Waals surface area contributed by atoms with E-state index in [0.717, 1.165) is 19.4 Å². The normalized spacial score (nSPS) is 16.4. The predicted octanol–water partition coefficient (Wildman–Crippen LogP) is 2.36. The first kappa shape index (κ1) is 14.4. The highest BCUT2D eigenvalue weighted by Crippen LogP contribution is 2.03. The van der Waals surface area contributed by atoms with Gasteiger partial charge in [-0.25, -0.2) is 0 Å². The van der Waals surface area contributed by atoms with Crippen LogP contribution in [-0.2, 0) is 17.2 Å². The number of hydrogen-bond acceptors (Lipinski definition) is 2. The second-order valence-corrected chi connectivity index (χ2v) is 6.44. The van der Waals surface area contributed by atoms with Gasteiger partial charge in [-0.1, -0.05) is 37.3 Å². The lowest BCUT2D eigenvalue weighted by Gasteiger charge is -2.15. The minimum absolute atomic E-state index is 0.284. The molecule has 0 bridgehead atoms. The van der Waals surface area contributed by atoms with Gasteiger partial charge in [-0.15, -0.1) is 0 Å². The summed E-state index contributed by atoms with van der Waals surface area (Å²) in [5.41, 5.74) is 1.36. The van der Waals surface area contributed by atoms with E-state index in [1.54, 1.807) is 6.26 Å². The quantitative estimate of drug-likeness (QED) is 0.808. The van der Waals surface area contributed by atoms with Crippen LogP contribution in [0.5, 0.6) is 0 Å². The Morgan fingerprint density at radius 3 is 2.47 bits per heavy atom.